The zero-order valence-electron chi connectivity index (χ0n) is 16.2. The molecule has 0 bridgehead atoms. The molecule has 5 nitrogen and oxygen atoms in total. The number of hydrogen-bond donors (Lipinski definition) is 1. The van der Waals surface area contributed by atoms with Crippen molar-refractivity contribution in [2.45, 2.75) is 26.7 Å². The smallest absolute Gasteiger partial charge is 0.321 e. The molecular formula is C22H26N4O. The van der Waals surface area contributed by atoms with Gasteiger partial charge in [-0.3, -0.25) is 0 Å². The van der Waals surface area contributed by atoms with E-state index in [1.165, 1.54) is 0 Å². The van der Waals surface area contributed by atoms with Gasteiger partial charge in [0.25, 0.3) is 0 Å². The van der Waals surface area contributed by atoms with Gasteiger partial charge in [0.05, 0.1) is 11.3 Å². The molecule has 2 amide bonds. The number of anilines is 2. The first kappa shape index (κ1) is 18.8. The zero-order valence-corrected chi connectivity index (χ0v) is 16.2. The highest BCUT2D eigenvalue weighted by molar-refractivity contribution is 5.91. The summed E-state index contributed by atoms with van der Waals surface area (Å²) in [6.45, 7) is 9.00. The van der Waals surface area contributed by atoms with Crippen molar-refractivity contribution in [3.05, 3.63) is 59.2 Å². The normalized spacial score (nSPS) is 14.2. The van der Waals surface area contributed by atoms with E-state index in [9.17, 15) is 10.1 Å². The Morgan fingerprint density at radius 3 is 2.44 bits per heavy atom. The standard InChI is InChI=1S/C22H26N4O/c1-16(2)19-9-6-7-17(3)21(19)24-22(27)26-13-11-25(12-14-26)20-10-5-4-8-18(20)15-23/h4-10,16H,11-14H2,1-3H3,(H,24,27). The van der Waals surface area contributed by atoms with Gasteiger partial charge >= 0.3 is 6.03 Å². The van der Waals surface area contributed by atoms with Crippen LogP contribution in [0.25, 0.3) is 0 Å². The number of urea groups is 1. The van der Waals surface area contributed by atoms with Gasteiger partial charge in [0.15, 0.2) is 0 Å². The fraction of sp³-hybridized carbons (Fsp3) is 0.364. The van der Waals surface area contributed by atoms with Crippen molar-refractivity contribution in [3.8, 4) is 6.07 Å². The van der Waals surface area contributed by atoms with Crippen LogP contribution in [0.2, 0.25) is 0 Å². The van der Waals surface area contributed by atoms with Gasteiger partial charge in [0.1, 0.15) is 6.07 Å². The van der Waals surface area contributed by atoms with E-state index in [2.05, 4.69) is 36.2 Å². The number of nitriles is 1. The van der Waals surface area contributed by atoms with Gasteiger partial charge in [-0.2, -0.15) is 5.26 Å². The number of hydrogen-bond acceptors (Lipinski definition) is 3. The minimum atomic E-state index is -0.0561. The zero-order chi connectivity index (χ0) is 19.4. The molecule has 1 saturated heterocycles. The second kappa shape index (κ2) is 8.13. The number of carbonyl (C=O) groups excluding carboxylic acids is 1. The lowest BCUT2D eigenvalue weighted by Gasteiger charge is -2.36. The Labute approximate surface area is 161 Å². The molecule has 1 N–H and O–H groups in total. The number of amides is 2. The van der Waals surface area contributed by atoms with Crippen molar-refractivity contribution in [3.63, 3.8) is 0 Å². The fourth-order valence-electron chi connectivity index (χ4n) is 3.52. The van der Waals surface area contributed by atoms with Crippen LogP contribution in [0.5, 0.6) is 0 Å². The summed E-state index contributed by atoms with van der Waals surface area (Å²) in [5.74, 6) is 0.347. The van der Waals surface area contributed by atoms with Crippen LogP contribution in [-0.2, 0) is 0 Å². The van der Waals surface area contributed by atoms with E-state index < -0.39 is 0 Å². The van der Waals surface area contributed by atoms with Crippen LogP contribution in [0.3, 0.4) is 0 Å². The first-order valence-electron chi connectivity index (χ1n) is 9.40. The van der Waals surface area contributed by atoms with E-state index in [-0.39, 0.29) is 6.03 Å². The number of nitrogens with zero attached hydrogens (tertiary/aromatic N) is 3. The molecule has 1 aliphatic rings. The van der Waals surface area contributed by atoms with E-state index in [0.29, 0.717) is 24.6 Å². The maximum Gasteiger partial charge on any atom is 0.321 e. The Bertz CT molecular complexity index is 861. The van der Waals surface area contributed by atoms with E-state index in [1.54, 1.807) is 0 Å². The largest absolute Gasteiger partial charge is 0.367 e. The summed E-state index contributed by atoms with van der Waals surface area (Å²) in [6.07, 6.45) is 0. The summed E-state index contributed by atoms with van der Waals surface area (Å²) < 4.78 is 0. The Hall–Kier alpha value is -3.00. The molecule has 2 aromatic carbocycles. The lowest BCUT2D eigenvalue weighted by molar-refractivity contribution is 0.208. The van der Waals surface area contributed by atoms with Crippen molar-refractivity contribution >= 4 is 17.4 Å². The van der Waals surface area contributed by atoms with Gasteiger partial charge in [0.2, 0.25) is 0 Å². The van der Waals surface area contributed by atoms with Crippen LogP contribution in [-0.4, -0.2) is 37.1 Å². The van der Waals surface area contributed by atoms with E-state index >= 15 is 0 Å². The van der Waals surface area contributed by atoms with E-state index in [0.717, 1.165) is 35.6 Å². The molecule has 0 unspecified atom stereocenters. The van der Waals surface area contributed by atoms with Gasteiger partial charge in [-0.15, -0.1) is 0 Å². The minimum absolute atomic E-state index is 0.0561. The summed E-state index contributed by atoms with van der Waals surface area (Å²) in [6, 6.07) is 15.9. The van der Waals surface area contributed by atoms with Gasteiger partial charge in [0, 0.05) is 31.9 Å². The van der Waals surface area contributed by atoms with Crippen molar-refractivity contribution in [1.82, 2.24) is 4.90 Å². The fourth-order valence-corrected chi connectivity index (χ4v) is 3.52. The second-order valence-corrected chi connectivity index (χ2v) is 7.23. The summed E-state index contributed by atoms with van der Waals surface area (Å²) in [5.41, 5.74) is 4.79. The van der Waals surface area contributed by atoms with Crippen molar-refractivity contribution in [2.75, 3.05) is 36.4 Å². The first-order valence-corrected chi connectivity index (χ1v) is 9.40. The quantitative estimate of drug-likeness (QED) is 0.883. The van der Waals surface area contributed by atoms with Crippen LogP contribution in [0, 0.1) is 18.3 Å². The molecule has 0 atom stereocenters. The molecule has 0 spiro atoms. The van der Waals surface area contributed by atoms with Crippen molar-refractivity contribution < 1.29 is 4.79 Å². The molecular weight excluding hydrogens is 336 g/mol. The van der Waals surface area contributed by atoms with E-state index in [4.69, 9.17) is 0 Å². The molecule has 0 aliphatic carbocycles. The molecule has 3 rings (SSSR count). The van der Waals surface area contributed by atoms with Crippen LogP contribution in [0.4, 0.5) is 16.2 Å². The lowest BCUT2D eigenvalue weighted by Crippen LogP contribution is -2.50. The molecule has 27 heavy (non-hydrogen) atoms. The van der Waals surface area contributed by atoms with Gasteiger partial charge < -0.3 is 15.1 Å². The number of nitrogens with one attached hydrogen (secondary N) is 1. The van der Waals surface area contributed by atoms with Crippen LogP contribution < -0.4 is 10.2 Å². The Balaban J connectivity index is 1.67. The third kappa shape index (κ3) is 4.06. The topological polar surface area (TPSA) is 59.4 Å². The van der Waals surface area contributed by atoms with E-state index in [1.807, 2.05) is 48.2 Å². The van der Waals surface area contributed by atoms with Crippen molar-refractivity contribution in [1.29, 1.82) is 5.26 Å². The predicted molar refractivity (Wildman–Crippen MR) is 109 cm³/mol. The third-order valence-electron chi connectivity index (χ3n) is 5.09. The Morgan fingerprint density at radius 1 is 1.07 bits per heavy atom. The number of carbonyl (C=O) groups is 1. The Morgan fingerprint density at radius 2 is 1.78 bits per heavy atom. The molecule has 140 valence electrons. The highest BCUT2D eigenvalue weighted by Crippen LogP contribution is 2.28. The third-order valence-corrected chi connectivity index (χ3v) is 5.09. The molecule has 1 aliphatic heterocycles. The number of para-hydroxylation sites is 2. The average molecular weight is 362 g/mol. The van der Waals surface area contributed by atoms with Crippen molar-refractivity contribution in [2.24, 2.45) is 0 Å². The van der Waals surface area contributed by atoms with Gasteiger partial charge in [-0.25, -0.2) is 4.79 Å². The Kier molecular flexibility index (Phi) is 5.66. The predicted octanol–water partition coefficient (Wildman–Crippen LogP) is 4.34. The van der Waals surface area contributed by atoms with Gasteiger partial charge in [-0.05, 0) is 36.1 Å². The SMILES string of the molecule is Cc1cccc(C(C)C)c1NC(=O)N1CCN(c2ccccc2C#N)CC1. The molecule has 1 heterocycles. The molecule has 0 aromatic heterocycles. The molecule has 0 radical (unpaired) electrons. The second-order valence-electron chi connectivity index (χ2n) is 7.23. The number of aryl methyl sites for hydroxylation is 1. The highest BCUT2D eigenvalue weighted by Gasteiger charge is 2.23. The average Bonchev–Trinajstić information content (AvgIpc) is 2.69. The maximum atomic E-state index is 12.8. The summed E-state index contributed by atoms with van der Waals surface area (Å²) in [5, 5.41) is 12.4. The van der Waals surface area contributed by atoms with Gasteiger partial charge in [-0.1, -0.05) is 44.2 Å². The summed E-state index contributed by atoms with van der Waals surface area (Å²) >= 11 is 0. The summed E-state index contributed by atoms with van der Waals surface area (Å²) in [7, 11) is 0. The number of benzene rings is 2. The molecule has 5 heteroatoms. The molecule has 0 saturated carbocycles. The summed E-state index contributed by atoms with van der Waals surface area (Å²) in [4.78, 5) is 16.8. The highest BCUT2D eigenvalue weighted by atomic mass is 16.2. The number of piperazine rings is 1. The van der Waals surface area contributed by atoms with Crippen LogP contribution in [0.1, 0.15) is 36.5 Å². The molecule has 2 aromatic rings. The number of rotatable bonds is 3. The minimum Gasteiger partial charge on any atom is -0.367 e. The van der Waals surface area contributed by atoms with Crippen LogP contribution in [0.15, 0.2) is 42.5 Å². The first-order chi connectivity index (χ1) is 13.0. The monoisotopic (exact) mass is 362 g/mol. The maximum absolute atomic E-state index is 12.8. The molecule has 1 fully saturated rings. The lowest BCUT2D eigenvalue weighted by atomic mass is 9.98. The van der Waals surface area contributed by atoms with Crippen LogP contribution >= 0.6 is 0 Å².